The normalized spacial score (nSPS) is 11.4. The number of Topliss-reactive ketones (excluding diaryl/α,β-unsaturated/α-hetero) is 1. The fourth-order valence-corrected chi connectivity index (χ4v) is 5.73. The SMILES string of the molecule is CCOc1ccc(-c2csc(NC(=O)C(CC)Sc3cccc(NC(=S)Nc4ccc(C(C)=O)cc4)c3)n2)cc1. The van der Waals surface area contributed by atoms with E-state index in [2.05, 4.69) is 20.9 Å². The maximum Gasteiger partial charge on any atom is 0.239 e. The van der Waals surface area contributed by atoms with Crippen LogP contribution >= 0.6 is 35.3 Å². The lowest BCUT2D eigenvalue weighted by Crippen LogP contribution is -2.24. The second-order valence-electron chi connectivity index (χ2n) is 8.74. The first-order chi connectivity index (χ1) is 19.3. The monoisotopic (exact) mass is 590 g/mol. The van der Waals surface area contributed by atoms with Crippen LogP contribution in [0.3, 0.4) is 0 Å². The van der Waals surface area contributed by atoms with E-state index >= 15 is 0 Å². The maximum absolute atomic E-state index is 13.1. The molecule has 0 aliphatic rings. The fourth-order valence-electron chi connectivity index (χ4n) is 3.75. The molecule has 0 saturated carbocycles. The van der Waals surface area contributed by atoms with Crippen LogP contribution in [-0.4, -0.2) is 33.6 Å². The number of nitrogens with zero attached hydrogens (tertiary/aromatic N) is 1. The van der Waals surface area contributed by atoms with E-state index in [1.54, 1.807) is 12.1 Å². The van der Waals surface area contributed by atoms with Crippen LogP contribution in [0.25, 0.3) is 11.3 Å². The van der Waals surface area contributed by atoms with Crippen molar-refractivity contribution in [3.05, 3.63) is 83.7 Å². The first-order valence-electron chi connectivity index (χ1n) is 12.8. The summed E-state index contributed by atoms with van der Waals surface area (Å²) in [7, 11) is 0. The molecule has 0 spiro atoms. The van der Waals surface area contributed by atoms with Gasteiger partial charge in [0, 0.05) is 32.8 Å². The van der Waals surface area contributed by atoms with Crippen molar-refractivity contribution >= 4 is 68.6 Å². The van der Waals surface area contributed by atoms with Gasteiger partial charge in [0.2, 0.25) is 5.91 Å². The molecule has 4 rings (SSSR count). The third-order valence-electron chi connectivity index (χ3n) is 5.78. The zero-order valence-electron chi connectivity index (χ0n) is 22.4. The van der Waals surface area contributed by atoms with Gasteiger partial charge in [-0.3, -0.25) is 9.59 Å². The molecule has 1 aromatic heterocycles. The molecule has 4 aromatic rings. The van der Waals surface area contributed by atoms with E-state index in [1.807, 2.05) is 79.9 Å². The van der Waals surface area contributed by atoms with E-state index in [0.29, 0.717) is 28.8 Å². The van der Waals surface area contributed by atoms with Gasteiger partial charge >= 0.3 is 0 Å². The van der Waals surface area contributed by atoms with Crippen molar-refractivity contribution in [3.63, 3.8) is 0 Å². The summed E-state index contributed by atoms with van der Waals surface area (Å²) in [5.74, 6) is 0.737. The minimum atomic E-state index is -0.294. The molecule has 0 aliphatic carbocycles. The highest BCUT2D eigenvalue weighted by atomic mass is 32.2. The lowest BCUT2D eigenvalue weighted by Gasteiger charge is -2.15. The number of hydrogen-bond donors (Lipinski definition) is 3. The standard InChI is InChI=1S/C30H30N4O3S3/c1-4-27(28(36)34-30-33-26(18-39-30)21-11-15-24(16-12-21)37-5-2)40-25-8-6-7-23(17-25)32-29(38)31-22-13-9-20(10-14-22)19(3)35/h6-18,27H,4-5H2,1-3H3,(H2,31,32,38)(H,33,34,36). The number of nitrogens with one attached hydrogen (secondary N) is 3. The average Bonchev–Trinajstić information content (AvgIpc) is 3.41. The molecule has 1 atom stereocenters. The van der Waals surface area contributed by atoms with E-state index in [4.69, 9.17) is 17.0 Å². The van der Waals surface area contributed by atoms with E-state index in [1.165, 1.54) is 30.0 Å². The predicted octanol–water partition coefficient (Wildman–Crippen LogP) is 7.73. The topological polar surface area (TPSA) is 92.4 Å². The number of hydrogen-bond acceptors (Lipinski definition) is 7. The number of ketones is 1. The number of aromatic nitrogens is 1. The van der Waals surface area contributed by atoms with Gasteiger partial charge in [-0.05, 0) is 99.2 Å². The number of rotatable bonds is 11. The van der Waals surface area contributed by atoms with Crippen LogP contribution in [-0.2, 0) is 4.79 Å². The maximum atomic E-state index is 13.1. The Balaban J connectivity index is 1.33. The van der Waals surface area contributed by atoms with Gasteiger partial charge in [0.15, 0.2) is 16.0 Å². The van der Waals surface area contributed by atoms with E-state index in [-0.39, 0.29) is 16.9 Å². The Bertz CT molecular complexity index is 1470. The number of ether oxygens (including phenoxy) is 1. The van der Waals surface area contributed by atoms with Gasteiger partial charge in [-0.1, -0.05) is 13.0 Å². The fraction of sp³-hybridized carbons (Fsp3) is 0.200. The quantitative estimate of drug-likeness (QED) is 0.0929. The summed E-state index contributed by atoms with van der Waals surface area (Å²) in [5, 5.41) is 11.9. The third-order valence-corrected chi connectivity index (χ3v) is 8.10. The van der Waals surface area contributed by atoms with Crippen LogP contribution in [0.4, 0.5) is 16.5 Å². The van der Waals surface area contributed by atoms with Gasteiger partial charge in [-0.25, -0.2) is 4.98 Å². The van der Waals surface area contributed by atoms with Gasteiger partial charge < -0.3 is 20.7 Å². The Hall–Kier alpha value is -3.73. The molecule has 0 fully saturated rings. The van der Waals surface area contributed by atoms with Crippen LogP contribution in [0.1, 0.15) is 37.6 Å². The number of amides is 1. The minimum Gasteiger partial charge on any atom is -0.494 e. The van der Waals surface area contributed by atoms with Gasteiger partial charge in [-0.2, -0.15) is 0 Å². The second kappa shape index (κ2) is 14.1. The Morgan fingerprint density at radius 2 is 1.70 bits per heavy atom. The molecule has 0 saturated heterocycles. The molecule has 7 nitrogen and oxygen atoms in total. The molecule has 0 radical (unpaired) electrons. The predicted molar refractivity (Wildman–Crippen MR) is 170 cm³/mol. The molecule has 0 aliphatic heterocycles. The van der Waals surface area contributed by atoms with Crippen LogP contribution in [0, 0.1) is 0 Å². The minimum absolute atomic E-state index is 0.0148. The molecule has 1 unspecified atom stereocenters. The number of carbonyl (C=O) groups excluding carboxylic acids is 2. The zero-order chi connectivity index (χ0) is 28.5. The molecule has 3 aromatic carbocycles. The van der Waals surface area contributed by atoms with Crippen LogP contribution in [0.2, 0.25) is 0 Å². The zero-order valence-corrected chi connectivity index (χ0v) is 24.8. The number of thioether (sulfide) groups is 1. The van der Waals surface area contributed by atoms with Gasteiger partial charge in [-0.15, -0.1) is 23.1 Å². The summed E-state index contributed by atoms with van der Waals surface area (Å²) in [4.78, 5) is 30.1. The Labute approximate surface area is 247 Å². The van der Waals surface area contributed by atoms with Crippen molar-refractivity contribution in [2.75, 3.05) is 22.6 Å². The molecule has 10 heteroatoms. The van der Waals surface area contributed by atoms with Crippen molar-refractivity contribution in [2.24, 2.45) is 0 Å². The highest BCUT2D eigenvalue weighted by Crippen LogP contribution is 2.30. The van der Waals surface area contributed by atoms with E-state index in [9.17, 15) is 9.59 Å². The molecule has 1 amide bonds. The first kappa shape index (κ1) is 29.3. The molecule has 3 N–H and O–H groups in total. The van der Waals surface area contributed by atoms with Crippen LogP contribution in [0.5, 0.6) is 5.75 Å². The Morgan fingerprint density at radius 1 is 0.975 bits per heavy atom. The van der Waals surface area contributed by atoms with Crippen LogP contribution in [0.15, 0.2) is 83.1 Å². The number of benzene rings is 3. The van der Waals surface area contributed by atoms with Crippen LogP contribution < -0.4 is 20.7 Å². The molecule has 1 heterocycles. The summed E-state index contributed by atoms with van der Waals surface area (Å²) in [5.41, 5.74) is 4.00. The molecular weight excluding hydrogens is 561 g/mol. The summed E-state index contributed by atoms with van der Waals surface area (Å²) in [6, 6.07) is 22.6. The molecule has 40 heavy (non-hydrogen) atoms. The van der Waals surface area contributed by atoms with E-state index in [0.717, 1.165) is 33.3 Å². The number of thiazole rings is 1. The van der Waals surface area contributed by atoms with Crippen molar-refractivity contribution in [3.8, 4) is 17.0 Å². The Kier molecular flexibility index (Phi) is 10.3. The van der Waals surface area contributed by atoms with Gasteiger partial charge in [0.1, 0.15) is 5.75 Å². The molecular formula is C30H30N4O3S3. The number of carbonyl (C=O) groups is 2. The number of anilines is 3. The molecule has 0 bridgehead atoms. The largest absolute Gasteiger partial charge is 0.494 e. The average molecular weight is 591 g/mol. The van der Waals surface area contributed by atoms with E-state index < -0.39 is 0 Å². The van der Waals surface area contributed by atoms with Gasteiger partial charge in [0.05, 0.1) is 17.6 Å². The summed E-state index contributed by atoms with van der Waals surface area (Å²) < 4.78 is 5.50. The lowest BCUT2D eigenvalue weighted by atomic mass is 10.1. The summed E-state index contributed by atoms with van der Waals surface area (Å²) in [6.07, 6.45) is 0.654. The van der Waals surface area contributed by atoms with Crippen molar-refractivity contribution < 1.29 is 14.3 Å². The van der Waals surface area contributed by atoms with Gasteiger partial charge in [0.25, 0.3) is 0 Å². The smallest absolute Gasteiger partial charge is 0.239 e. The summed E-state index contributed by atoms with van der Waals surface area (Å²) >= 11 is 8.35. The number of thiocarbonyl (C=S) groups is 1. The van der Waals surface area contributed by atoms with Crippen molar-refractivity contribution in [2.45, 2.75) is 37.3 Å². The highest BCUT2D eigenvalue weighted by molar-refractivity contribution is 8.00. The molecule has 206 valence electrons. The van der Waals surface area contributed by atoms with Crippen molar-refractivity contribution in [1.29, 1.82) is 0 Å². The second-order valence-corrected chi connectivity index (χ2v) is 11.3. The summed E-state index contributed by atoms with van der Waals surface area (Å²) in [6.45, 7) is 6.09. The first-order valence-corrected chi connectivity index (χ1v) is 15.0. The lowest BCUT2D eigenvalue weighted by molar-refractivity contribution is -0.115. The highest BCUT2D eigenvalue weighted by Gasteiger charge is 2.20. The van der Waals surface area contributed by atoms with Crippen molar-refractivity contribution in [1.82, 2.24) is 4.98 Å². The Morgan fingerprint density at radius 3 is 2.38 bits per heavy atom. The third kappa shape index (κ3) is 8.14.